The van der Waals surface area contributed by atoms with Crippen LogP contribution in [0.3, 0.4) is 0 Å². The summed E-state index contributed by atoms with van der Waals surface area (Å²) in [5.74, 6) is 0.627. The summed E-state index contributed by atoms with van der Waals surface area (Å²) in [6, 6.07) is 6.09. The van der Waals surface area contributed by atoms with Crippen LogP contribution in [0.25, 0.3) is 0 Å². The van der Waals surface area contributed by atoms with Crippen LogP contribution in [0.15, 0.2) is 18.2 Å². The molecule has 18 heavy (non-hydrogen) atoms. The van der Waals surface area contributed by atoms with Crippen molar-refractivity contribution in [3.05, 3.63) is 29.3 Å². The number of para-hydroxylation sites is 1. The minimum atomic E-state index is -0.463. The smallest absolute Gasteiger partial charge is 0.414 e. The Kier molecular flexibility index (Phi) is 3.57. The molecule has 0 atom stereocenters. The van der Waals surface area contributed by atoms with Gasteiger partial charge < -0.3 is 4.74 Å². The van der Waals surface area contributed by atoms with E-state index in [0.29, 0.717) is 12.3 Å². The molecule has 1 aromatic carbocycles. The Labute approximate surface area is 114 Å². The second-order valence-corrected chi connectivity index (χ2v) is 5.78. The van der Waals surface area contributed by atoms with Crippen molar-refractivity contribution in [3.8, 4) is 0 Å². The molecule has 0 aromatic heterocycles. The Bertz CT molecular complexity index is 465. The van der Waals surface area contributed by atoms with Gasteiger partial charge in [-0.05, 0) is 38.3 Å². The van der Waals surface area contributed by atoms with Crippen LogP contribution < -0.4 is 4.90 Å². The fraction of sp³-hybridized carbons (Fsp3) is 0.500. The number of carbonyl (C=O) groups is 1. The normalized spacial score (nSPS) is 14.6. The summed E-state index contributed by atoms with van der Waals surface area (Å²) in [4.78, 5) is 13.9. The average Bonchev–Trinajstić information content (AvgIpc) is 2.70. The zero-order valence-electron chi connectivity index (χ0n) is 11.1. The average molecular weight is 265 g/mol. The van der Waals surface area contributed by atoms with Crippen molar-refractivity contribution in [2.75, 3.05) is 11.4 Å². The number of rotatable bonds is 1. The number of hydrogen-bond acceptors (Lipinski definition) is 3. The van der Waals surface area contributed by atoms with Gasteiger partial charge in [-0.1, -0.05) is 18.2 Å². The molecule has 1 aliphatic rings. The third-order valence-electron chi connectivity index (χ3n) is 2.86. The lowest BCUT2D eigenvalue weighted by molar-refractivity contribution is 0.0584. The van der Waals surface area contributed by atoms with Crippen molar-refractivity contribution in [1.82, 2.24) is 0 Å². The fourth-order valence-corrected chi connectivity index (χ4v) is 2.42. The molecular weight excluding hydrogens is 246 g/mol. The number of anilines is 1. The Morgan fingerprint density at radius 1 is 1.44 bits per heavy atom. The molecule has 0 spiro atoms. The first-order valence-electron chi connectivity index (χ1n) is 6.14. The van der Waals surface area contributed by atoms with Crippen LogP contribution in [0.4, 0.5) is 10.5 Å². The number of nitrogens with zero attached hydrogens (tertiary/aromatic N) is 1. The second-order valence-electron chi connectivity index (χ2n) is 5.46. The number of thiol groups is 1. The highest BCUT2D eigenvalue weighted by atomic mass is 32.1. The molecule has 1 amide bonds. The van der Waals surface area contributed by atoms with Crippen LogP contribution in [0.1, 0.15) is 31.9 Å². The SMILES string of the molecule is CC(C)(C)OC(=O)N1CCc2cccc(CS)c21. The van der Waals surface area contributed by atoms with E-state index >= 15 is 0 Å². The minimum Gasteiger partial charge on any atom is -0.443 e. The molecule has 1 heterocycles. The Morgan fingerprint density at radius 3 is 2.78 bits per heavy atom. The van der Waals surface area contributed by atoms with Crippen molar-refractivity contribution in [2.24, 2.45) is 0 Å². The van der Waals surface area contributed by atoms with Gasteiger partial charge >= 0.3 is 6.09 Å². The summed E-state index contributed by atoms with van der Waals surface area (Å²) in [6.45, 7) is 6.33. The molecule has 98 valence electrons. The molecular formula is C14H19NO2S. The predicted molar refractivity (Wildman–Crippen MR) is 76.4 cm³/mol. The molecule has 2 rings (SSSR count). The summed E-state index contributed by atoms with van der Waals surface area (Å²) < 4.78 is 5.44. The number of benzene rings is 1. The van der Waals surface area contributed by atoms with Gasteiger partial charge in [0.25, 0.3) is 0 Å². The first-order chi connectivity index (χ1) is 8.42. The lowest BCUT2D eigenvalue weighted by Crippen LogP contribution is -2.36. The van der Waals surface area contributed by atoms with Crippen molar-refractivity contribution < 1.29 is 9.53 Å². The highest BCUT2D eigenvalue weighted by molar-refractivity contribution is 7.79. The third kappa shape index (κ3) is 2.64. The summed E-state index contributed by atoms with van der Waals surface area (Å²) >= 11 is 4.33. The maximum atomic E-state index is 12.2. The Hall–Kier alpha value is -1.16. The maximum Gasteiger partial charge on any atom is 0.414 e. The first kappa shape index (κ1) is 13.3. The molecule has 0 unspecified atom stereocenters. The molecule has 0 fully saturated rings. The highest BCUT2D eigenvalue weighted by Crippen LogP contribution is 2.33. The van der Waals surface area contributed by atoms with Crippen LogP contribution in [0, 0.1) is 0 Å². The molecule has 1 aliphatic heterocycles. The third-order valence-corrected chi connectivity index (χ3v) is 3.20. The number of amides is 1. The van der Waals surface area contributed by atoms with Gasteiger partial charge in [0.15, 0.2) is 0 Å². The van der Waals surface area contributed by atoms with Crippen molar-refractivity contribution >= 4 is 24.4 Å². The van der Waals surface area contributed by atoms with Gasteiger partial charge in [-0.3, -0.25) is 4.90 Å². The van der Waals surface area contributed by atoms with Gasteiger partial charge in [0.2, 0.25) is 0 Å². The van der Waals surface area contributed by atoms with Crippen molar-refractivity contribution in [1.29, 1.82) is 0 Å². The zero-order valence-corrected chi connectivity index (χ0v) is 12.0. The van der Waals surface area contributed by atoms with E-state index < -0.39 is 5.60 Å². The lowest BCUT2D eigenvalue weighted by atomic mass is 10.1. The van der Waals surface area contributed by atoms with Crippen LogP contribution in [0.2, 0.25) is 0 Å². The van der Waals surface area contributed by atoms with Gasteiger partial charge in [0.05, 0.1) is 5.69 Å². The van der Waals surface area contributed by atoms with E-state index in [9.17, 15) is 4.79 Å². The summed E-state index contributed by atoms with van der Waals surface area (Å²) in [7, 11) is 0. The van der Waals surface area contributed by atoms with Crippen molar-refractivity contribution in [2.45, 2.75) is 38.5 Å². The Morgan fingerprint density at radius 2 is 2.17 bits per heavy atom. The van der Waals surface area contributed by atoms with Crippen molar-refractivity contribution in [3.63, 3.8) is 0 Å². The molecule has 4 heteroatoms. The maximum absolute atomic E-state index is 12.2. The van der Waals surface area contributed by atoms with E-state index in [-0.39, 0.29) is 6.09 Å². The number of fused-ring (bicyclic) bond motifs is 1. The van der Waals surface area contributed by atoms with Gasteiger partial charge in [-0.15, -0.1) is 0 Å². The molecule has 0 N–H and O–H groups in total. The standard InChI is InChI=1S/C14H19NO2S/c1-14(2,3)17-13(16)15-8-7-10-5-4-6-11(9-18)12(10)15/h4-6,18H,7-9H2,1-3H3. The van der Waals surface area contributed by atoms with E-state index in [1.54, 1.807) is 4.90 Å². The number of carbonyl (C=O) groups excluding carboxylic acids is 1. The minimum absolute atomic E-state index is 0.268. The second kappa shape index (κ2) is 4.84. The summed E-state index contributed by atoms with van der Waals surface area (Å²) in [5, 5.41) is 0. The van der Waals surface area contributed by atoms with Crippen LogP contribution in [-0.4, -0.2) is 18.2 Å². The molecule has 0 aliphatic carbocycles. The summed E-state index contributed by atoms with van der Waals surface area (Å²) in [6.07, 6.45) is 0.617. The molecule has 1 aromatic rings. The van der Waals surface area contributed by atoms with Gasteiger partial charge in [0, 0.05) is 12.3 Å². The van der Waals surface area contributed by atoms with Crippen LogP contribution >= 0.6 is 12.6 Å². The Balaban J connectivity index is 2.28. The van der Waals surface area contributed by atoms with Gasteiger partial charge in [0.1, 0.15) is 5.60 Å². The van der Waals surface area contributed by atoms with E-state index in [0.717, 1.165) is 17.7 Å². The number of ether oxygens (including phenoxy) is 1. The largest absolute Gasteiger partial charge is 0.443 e. The monoisotopic (exact) mass is 265 g/mol. The first-order valence-corrected chi connectivity index (χ1v) is 6.78. The van der Waals surface area contributed by atoms with E-state index in [4.69, 9.17) is 4.74 Å². The molecule has 0 saturated carbocycles. The number of hydrogen-bond donors (Lipinski definition) is 1. The van der Waals surface area contributed by atoms with E-state index in [1.807, 2.05) is 32.9 Å². The molecule has 0 saturated heterocycles. The molecule has 3 nitrogen and oxygen atoms in total. The van der Waals surface area contributed by atoms with Gasteiger partial charge in [-0.2, -0.15) is 12.6 Å². The zero-order chi connectivity index (χ0) is 13.3. The summed E-state index contributed by atoms with van der Waals surface area (Å²) in [5.41, 5.74) is 2.81. The molecule has 0 bridgehead atoms. The van der Waals surface area contributed by atoms with Crippen LogP contribution in [0.5, 0.6) is 0 Å². The topological polar surface area (TPSA) is 29.5 Å². The van der Waals surface area contributed by atoms with E-state index in [2.05, 4.69) is 18.7 Å². The molecule has 0 radical (unpaired) electrons. The van der Waals surface area contributed by atoms with Crippen LogP contribution in [-0.2, 0) is 16.9 Å². The van der Waals surface area contributed by atoms with Gasteiger partial charge in [-0.25, -0.2) is 4.79 Å². The van der Waals surface area contributed by atoms with E-state index in [1.165, 1.54) is 5.56 Å². The highest BCUT2D eigenvalue weighted by Gasteiger charge is 2.30. The predicted octanol–water partition coefficient (Wildman–Crippen LogP) is 3.41. The quantitative estimate of drug-likeness (QED) is 0.788. The fourth-order valence-electron chi connectivity index (χ4n) is 2.16. The lowest BCUT2D eigenvalue weighted by Gasteiger charge is -2.25.